The van der Waals surface area contributed by atoms with Crippen molar-refractivity contribution >= 4 is 13.8 Å². The number of aliphatic hydroxyl groups is 2. The van der Waals surface area contributed by atoms with Crippen molar-refractivity contribution in [2.75, 3.05) is 33.0 Å². The van der Waals surface area contributed by atoms with Crippen LogP contribution in [0.3, 0.4) is 0 Å². The fraction of sp³-hybridized carbons (Fsp3) is 0.700. The van der Waals surface area contributed by atoms with Crippen LogP contribution in [-0.2, 0) is 27.9 Å². The number of carbonyl (C=O) groups excluding carboxylic acids is 1. The first-order chi connectivity index (χ1) is 29.3. The Labute approximate surface area is 366 Å². The first-order valence-electron chi connectivity index (χ1n) is 23.6. The van der Waals surface area contributed by atoms with Gasteiger partial charge in [-0.15, -0.1) is 0 Å². The maximum absolute atomic E-state index is 12.6. The van der Waals surface area contributed by atoms with Crippen LogP contribution in [0.1, 0.15) is 181 Å². The van der Waals surface area contributed by atoms with Gasteiger partial charge in [-0.1, -0.05) is 170 Å². The van der Waals surface area contributed by atoms with Crippen LogP contribution >= 0.6 is 7.82 Å². The Morgan fingerprint density at radius 3 is 1.43 bits per heavy atom. The summed E-state index contributed by atoms with van der Waals surface area (Å²) >= 11 is 0. The summed E-state index contributed by atoms with van der Waals surface area (Å²) in [5.74, 6) is -0.427. The van der Waals surface area contributed by atoms with Gasteiger partial charge >= 0.3 is 13.8 Å². The lowest BCUT2D eigenvalue weighted by Gasteiger charge is -2.20. The first-order valence-corrected chi connectivity index (χ1v) is 25.1. The lowest BCUT2D eigenvalue weighted by molar-refractivity contribution is -0.154. The maximum Gasteiger partial charge on any atom is 0.472 e. The number of hydrogen-bond acceptors (Lipinski definition) is 8. The van der Waals surface area contributed by atoms with Gasteiger partial charge in [0.2, 0.25) is 0 Å². The number of unbranched alkanes of at least 4 members (excludes halogenated alkanes) is 16. The molecule has 0 radical (unpaired) electrons. The fourth-order valence-electron chi connectivity index (χ4n) is 6.00. The summed E-state index contributed by atoms with van der Waals surface area (Å²) in [7, 11) is -4.54. The minimum absolute atomic E-state index is 0.0236. The molecule has 0 spiro atoms. The van der Waals surface area contributed by atoms with Crippen LogP contribution in [0.5, 0.6) is 0 Å². The molecule has 9 nitrogen and oxygen atoms in total. The van der Waals surface area contributed by atoms with E-state index in [4.69, 9.17) is 23.6 Å². The van der Waals surface area contributed by atoms with Crippen molar-refractivity contribution in [2.45, 2.75) is 193 Å². The van der Waals surface area contributed by atoms with Crippen LogP contribution in [0.15, 0.2) is 85.1 Å². The van der Waals surface area contributed by atoms with Crippen molar-refractivity contribution in [2.24, 2.45) is 0 Å². The molecule has 0 fully saturated rings. The zero-order valence-corrected chi connectivity index (χ0v) is 38.8. The third kappa shape index (κ3) is 45.2. The number of rotatable bonds is 44. The summed E-state index contributed by atoms with van der Waals surface area (Å²) in [5, 5.41) is 18.4. The van der Waals surface area contributed by atoms with Gasteiger partial charge < -0.3 is 24.6 Å². The van der Waals surface area contributed by atoms with E-state index in [1.807, 2.05) is 0 Å². The molecule has 0 amide bonds. The van der Waals surface area contributed by atoms with Gasteiger partial charge in [0.25, 0.3) is 0 Å². The standard InChI is InChI=1S/C50H87O9P/c1-3-5-7-9-11-13-15-17-19-20-21-22-23-24-25-26-27-29-31-33-35-37-39-41-43-56-46-49(47-58-60(54,55)57-45-48(52)44-51)59-50(53)42-40-38-36-34-32-30-28-18-16-14-12-10-8-6-4-2/h6,8,12,14-15,17-18,20-21,23-24,28,32,34,48-49,51-52H,3-5,7,9-11,13,16,19,22,25-27,29-31,33,35-47H2,1-2H3,(H,54,55)/b8-6-,14-12-,17-15-,21-20-,24-23-,28-18-,34-32-. The molecule has 10 heteroatoms. The zero-order valence-electron chi connectivity index (χ0n) is 37.9. The Balaban J connectivity index is 4.17. The third-order valence-electron chi connectivity index (χ3n) is 9.56. The molecule has 0 rings (SSSR count). The Hall–Kier alpha value is -2.36. The van der Waals surface area contributed by atoms with Crippen molar-refractivity contribution in [3.8, 4) is 0 Å². The number of esters is 1. The molecule has 0 aliphatic carbocycles. The van der Waals surface area contributed by atoms with Gasteiger partial charge in [0.15, 0.2) is 0 Å². The van der Waals surface area contributed by atoms with Crippen LogP contribution in [-0.4, -0.2) is 66.3 Å². The first kappa shape index (κ1) is 57.6. The molecule has 346 valence electrons. The van der Waals surface area contributed by atoms with E-state index in [9.17, 15) is 19.4 Å². The topological polar surface area (TPSA) is 132 Å². The largest absolute Gasteiger partial charge is 0.472 e. The van der Waals surface area contributed by atoms with E-state index in [1.165, 1.54) is 77.0 Å². The van der Waals surface area contributed by atoms with Crippen LogP contribution in [0.2, 0.25) is 0 Å². The van der Waals surface area contributed by atoms with Gasteiger partial charge in [0.1, 0.15) is 12.2 Å². The third-order valence-corrected chi connectivity index (χ3v) is 10.5. The molecule has 0 aromatic carbocycles. The minimum Gasteiger partial charge on any atom is -0.457 e. The van der Waals surface area contributed by atoms with Crippen molar-refractivity contribution in [1.82, 2.24) is 0 Å². The summed E-state index contributed by atoms with van der Waals surface area (Å²) in [6.45, 7) is 3.31. The molecule has 3 unspecified atom stereocenters. The van der Waals surface area contributed by atoms with E-state index in [2.05, 4.69) is 98.9 Å². The normalized spacial score (nSPS) is 14.7. The van der Waals surface area contributed by atoms with Crippen molar-refractivity contribution in [1.29, 1.82) is 0 Å². The summed E-state index contributed by atoms with van der Waals surface area (Å²) in [6.07, 6.45) is 57.0. The molecule has 0 aromatic rings. The number of allylic oxidation sites excluding steroid dienone is 14. The average Bonchev–Trinajstić information content (AvgIpc) is 3.24. The van der Waals surface area contributed by atoms with E-state index < -0.39 is 45.8 Å². The molecular weight excluding hydrogens is 776 g/mol. The highest BCUT2D eigenvalue weighted by Gasteiger charge is 2.26. The SMILES string of the molecule is CC/C=C\C/C=C\C/C=C\C/C=C\CCCCC(=O)OC(COCCCCCCCCCCC/C=C\C/C=C\C/C=C\CCCCCCC)COP(=O)(O)OCC(O)CO. The average molecular weight is 863 g/mol. The molecule has 0 aromatic heterocycles. The van der Waals surface area contributed by atoms with Crippen LogP contribution < -0.4 is 0 Å². The van der Waals surface area contributed by atoms with Gasteiger partial charge in [0.05, 0.1) is 26.4 Å². The lowest BCUT2D eigenvalue weighted by atomic mass is 10.1. The number of ether oxygens (including phenoxy) is 2. The second-order valence-electron chi connectivity index (χ2n) is 15.4. The predicted molar refractivity (Wildman–Crippen MR) is 251 cm³/mol. The minimum atomic E-state index is -4.54. The Morgan fingerprint density at radius 1 is 0.533 bits per heavy atom. The van der Waals surface area contributed by atoms with Crippen molar-refractivity contribution in [3.63, 3.8) is 0 Å². The lowest BCUT2D eigenvalue weighted by Crippen LogP contribution is -2.29. The highest BCUT2D eigenvalue weighted by atomic mass is 31.2. The summed E-state index contributed by atoms with van der Waals surface area (Å²) < 4.78 is 33.4. The Morgan fingerprint density at radius 2 is 0.950 bits per heavy atom. The summed E-state index contributed by atoms with van der Waals surface area (Å²) in [6, 6.07) is 0. The van der Waals surface area contributed by atoms with E-state index in [0.717, 1.165) is 77.0 Å². The smallest absolute Gasteiger partial charge is 0.457 e. The van der Waals surface area contributed by atoms with Crippen LogP contribution in [0.25, 0.3) is 0 Å². The summed E-state index contributed by atoms with van der Waals surface area (Å²) in [4.78, 5) is 22.6. The van der Waals surface area contributed by atoms with Gasteiger partial charge in [-0.25, -0.2) is 4.57 Å². The number of carbonyl (C=O) groups is 1. The molecule has 0 aliphatic rings. The number of phosphoric ester groups is 1. The van der Waals surface area contributed by atoms with Crippen molar-refractivity contribution < 1.29 is 43.0 Å². The van der Waals surface area contributed by atoms with Gasteiger partial charge in [-0.3, -0.25) is 13.8 Å². The molecule has 0 saturated heterocycles. The van der Waals surface area contributed by atoms with E-state index in [-0.39, 0.29) is 13.0 Å². The number of aliphatic hydroxyl groups excluding tert-OH is 2. The highest BCUT2D eigenvalue weighted by Crippen LogP contribution is 2.43. The molecule has 0 saturated carbocycles. The van der Waals surface area contributed by atoms with E-state index in [0.29, 0.717) is 13.0 Å². The monoisotopic (exact) mass is 863 g/mol. The molecular formula is C50H87O9P. The van der Waals surface area contributed by atoms with Gasteiger partial charge in [0, 0.05) is 13.0 Å². The number of phosphoric acid groups is 1. The van der Waals surface area contributed by atoms with Crippen LogP contribution in [0.4, 0.5) is 0 Å². The van der Waals surface area contributed by atoms with E-state index in [1.54, 1.807) is 0 Å². The fourth-order valence-corrected chi connectivity index (χ4v) is 6.79. The Kier molecular flexibility index (Phi) is 44.3. The highest BCUT2D eigenvalue weighted by molar-refractivity contribution is 7.47. The molecule has 3 atom stereocenters. The molecule has 60 heavy (non-hydrogen) atoms. The number of hydrogen-bond donors (Lipinski definition) is 3. The van der Waals surface area contributed by atoms with Crippen molar-refractivity contribution in [3.05, 3.63) is 85.1 Å². The molecule has 3 N–H and O–H groups in total. The van der Waals surface area contributed by atoms with Gasteiger partial charge in [-0.2, -0.15) is 0 Å². The Bertz CT molecular complexity index is 1210. The molecule has 0 bridgehead atoms. The predicted octanol–water partition coefficient (Wildman–Crippen LogP) is 13.5. The quantitative estimate of drug-likeness (QED) is 0.0237. The second-order valence-corrected chi connectivity index (χ2v) is 16.8. The van der Waals surface area contributed by atoms with Crippen LogP contribution in [0, 0.1) is 0 Å². The molecule has 0 aliphatic heterocycles. The van der Waals surface area contributed by atoms with Gasteiger partial charge in [-0.05, 0) is 89.9 Å². The summed E-state index contributed by atoms with van der Waals surface area (Å²) in [5.41, 5.74) is 0. The maximum atomic E-state index is 12.6. The molecule has 0 heterocycles. The van der Waals surface area contributed by atoms with E-state index >= 15 is 0 Å². The second kappa shape index (κ2) is 46.2. The zero-order chi connectivity index (χ0) is 43.9.